The van der Waals surface area contributed by atoms with E-state index < -0.39 is 5.54 Å². The first kappa shape index (κ1) is 12.0. The predicted octanol–water partition coefficient (Wildman–Crippen LogP) is 2.68. The summed E-state index contributed by atoms with van der Waals surface area (Å²) in [6.07, 6.45) is 3.23. The Balaban J connectivity index is 2.56. The summed E-state index contributed by atoms with van der Waals surface area (Å²) in [5, 5.41) is 0.403. The number of nitrogens with zero attached hydrogens (tertiary/aromatic N) is 1. The number of halogens is 1. The first-order valence-corrected chi connectivity index (χ1v) is 5.56. The molecular weight excluding hydrogens is 242 g/mol. The van der Waals surface area contributed by atoms with Crippen LogP contribution in [0.15, 0.2) is 17.1 Å². The molecule has 0 saturated heterocycles. The molecule has 0 atom stereocenters. The third kappa shape index (κ3) is 1.90. The monoisotopic (exact) mass is 253 g/mol. The number of carbonyl (C=O) groups excluding carboxylic acids is 1. The lowest BCUT2D eigenvalue weighted by atomic mass is 10.0. The van der Waals surface area contributed by atoms with Crippen molar-refractivity contribution in [1.29, 1.82) is 0 Å². The van der Waals surface area contributed by atoms with Crippen LogP contribution >= 0.6 is 11.6 Å². The van der Waals surface area contributed by atoms with Crippen LogP contribution in [0.3, 0.4) is 0 Å². The normalized spacial score (nSPS) is 15.9. The molecule has 2 rings (SSSR count). The van der Waals surface area contributed by atoms with Gasteiger partial charge in [-0.25, -0.2) is 4.79 Å². The number of hydrogen-bond donors (Lipinski definition) is 0. The second-order valence-electron chi connectivity index (χ2n) is 3.90. The fourth-order valence-corrected chi connectivity index (χ4v) is 2.23. The molecule has 1 fully saturated rings. The lowest BCUT2D eigenvalue weighted by Crippen LogP contribution is -2.06. The Labute approximate surface area is 104 Å². The minimum absolute atomic E-state index is 0.403. The molecule has 0 N–H and O–H groups in total. The van der Waals surface area contributed by atoms with Crippen molar-refractivity contribution >= 4 is 17.7 Å². The van der Waals surface area contributed by atoms with Crippen molar-refractivity contribution in [3.63, 3.8) is 0 Å². The highest BCUT2D eigenvalue weighted by Gasteiger charge is 2.47. The second kappa shape index (κ2) is 4.40. The molecular formula is C12H12ClNO3. The van der Waals surface area contributed by atoms with Gasteiger partial charge in [-0.15, -0.1) is 0 Å². The van der Waals surface area contributed by atoms with E-state index in [-0.39, 0.29) is 0 Å². The van der Waals surface area contributed by atoms with Crippen molar-refractivity contribution in [3.8, 4) is 11.5 Å². The predicted molar refractivity (Wildman–Crippen MR) is 63.6 cm³/mol. The molecule has 0 radical (unpaired) electrons. The standard InChI is InChI=1S/C12H12ClNO3/c1-16-9-4-3-8(11(17-2)10(9)13)12(5-6-12)14-7-15/h3-4H,5-6H2,1-2H3. The molecule has 1 aromatic rings. The highest BCUT2D eigenvalue weighted by Crippen LogP contribution is 2.54. The van der Waals surface area contributed by atoms with Crippen molar-refractivity contribution < 1.29 is 14.3 Å². The van der Waals surface area contributed by atoms with Crippen LogP contribution in [0.4, 0.5) is 0 Å². The summed E-state index contributed by atoms with van der Waals surface area (Å²) < 4.78 is 10.4. The fraction of sp³-hybridized carbons (Fsp3) is 0.417. The maximum atomic E-state index is 10.5. The zero-order valence-corrected chi connectivity index (χ0v) is 10.4. The molecule has 0 unspecified atom stereocenters. The van der Waals surface area contributed by atoms with Gasteiger partial charge in [0, 0.05) is 5.56 Å². The van der Waals surface area contributed by atoms with Crippen LogP contribution < -0.4 is 9.47 Å². The maximum Gasteiger partial charge on any atom is 0.235 e. The van der Waals surface area contributed by atoms with Crippen molar-refractivity contribution in [1.82, 2.24) is 0 Å². The van der Waals surface area contributed by atoms with Gasteiger partial charge in [0.25, 0.3) is 0 Å². The van der Waals surface area contributed by atoms with E-state index >= 15 is 0 Å². The van der Waals surface area contributed by atoms with E-state index in [0.717, 1.165) is 18.4 Å². The number of isocyanates is 1. The van der Waals surface area contributed by atoms with Gasteiger partial charge in [-0.3, -0.25) is 0 Å². The fourth-order valence-electron chi connectivity index (χ4n) is 1.91. The Bertz CT molecular complexity index is 491. The lowest BCUT2D eigenvalue weighted by molar-refractivity contribution is 0.388. The van der Waals surface area contributed by atoms with Gasteiger partial charge in [0.1, 0.15) is 22.1 Å². The van der Waals surface area contributed by atoms with Gasteiger partial charge in [-0.05, 0) is 25.0 Å². The van der Waals surface area contributed by atoms with Gasteiger partial charge in [-0.2, -0.15) is 4.99 Å². The second-order valence-corrected chi connectivity index (χ2v) is 4.28. The average molecular weight is 254 g/mol. The molecule has 4 nitrogen and oxygen atoms in total. The first-order valence-electron chi connectivity index (χ1n) is 5.18. The van der Waals surface area contributed by atoms with Gasteiger partial charge >= 0.3 is 0 Å². The van der Waals surface area contributed by atoms with Crippen LogP contribution in [-0.2, 0) is 10.3 Å². The van der Waals surface area contributed by atoms with E-state index in [1.807, 2.05) is 6.07 Å². The van der Waals surface area contributed by atoms with Gasteiger partial charge in [-0.1, -0.05) is 11.6 Å². The summed E-state index contributed by atoms with van der Waals surface area (Å²) in [7, 11) is 3.07. The minimum Gasteiger partial charge on any atom is -0.495 e. The van der Waals surface area contributed by atoms with E-state index in [1.54, 1.807) is 12.1 Å². The summed E-state index contributed by atoms with van der Waals surface area (Å²) in [4.78, 5) is 14.3. The third-order valence-corrected chi connectivity index (χ3v) is 3.33. The average Bonchev–Trinajstić information content (AvgIpc) is 3.10. The molecule has 1 aliphatic carbocycles. The molecule has 0 aromatic heterocycles. The largest absolute Gasteiger partial charge is 0.495 e. The Morgan fingerprint density at radius 3 is 2.53 bits per heavy atom. The number of ether oxygens (including phenoxy) is 2. The van der Waals surface area contributed by atoms with Crippen molar-refractivity contribution in [2.45, 2.75) is 18.4 Å². The summed E-state index contributed by atoms with van der Waals surface area (Å²) in [6.45, 7) is 0. The Kier molecular flexibility index (Phi) is 3.09. The topological polar surface area (TPSA) is 47.9 Å². The van der Waals surface area contributed by atoms with Gasteiger partial charge in [0.2, 0.25) is 6.08 Å². The smallest absolute Gasteiger partial charge is 0.235 e. The first-order chi connectivity index (χ1) is 8.18. The van der Waals surface area contributed by atoms with Crippen molar-refractivity contribution in [2.75, 3.05) is 14.2 Å². The Morgan fingerprint density at radius 1 is 1.35 bits per heavy atom. The highest BCUT2D eigenvalue weighted by molar-refractivity contribution is 6.33. The van der Waals surface area contributed by atoms with E-state index in [9.17, 15) is 4.79 Å². The van der Waals surface area contributed by atoms with Crippen LogP contribution in [0.5, 0.6) is 11.5 Å². The molecule has 1 aliphatic rings. The zero-order valence-electron chi connectivity index (χ0n) is 9.62. The SMILES string of the molecule is COc1ccc(C2(N=C=O)CC2)c(OC)c1Cl. The highest BCUT2D eigenvalue weighted by atomic mass is 35.5. The minimum atomic E-state index is -0.497. The van der Waals surface area contributed by atoms with Crippen LogP contribution in [0.25, 0.3) is 0 Å². The van der Waals surface area contributed by atoms with Crippen LogP contribution in [-0.4, -0.2) is 20.3 Å². The number of rotatable bonds is 4. The van der Waals surface area contributed by atoms with Gasteiger partial charge in [0.15, 0.2) is 0 Å². The molecule has 0 amide bonds. The van der Waals surface area contributed by atoms with Crippen molar-refractivity contribution in [2.24, 2.45) is 4.99 Å². The van der Waals surface area contributed by atoms with Crippen LogP contribution in [0, 0.1) is 0 Å². The quantitative estimate of drug-likeness (QED) is 0.612. The molecule has 1 saturated carbocycles. The van der Waals surface area contributed by atoms with E-state index in [4.69, 9.17) is 21.1 Å². The summed E-state index contributed by atoms with van der Waals surface area (Å²) >= 11 is 6.16. The summed E-state index contributed by atoms with van der Waals surface area (Å²) in [6, 6.07) is 3.58. The van der Waals surface area contributed by atoms with E-state index in [0.29, 0.717) is 16.5 Å². The molecule has 17 heavy (non-hydrogen) atoms. The summed E-state index contributed by atoms with van der Waals surface area (Å²) in [5.41, 5.74) is 0.317. The maximum absolute atomic E-state index is 10.5. The number of hydrogen-bond acceptors (Lipinski definition) is 4. The van der Waals surface area contributed by atoms with Crippen molar-refractivity contribution in [3.05, 3.63) is 22.7 Å². The summed E-state index contributed by atoms with van der Waals surface area (Å²) in [5.74, 6) is 1.06. The van der Waals surface area contributed by atoms with Crippen LogP contribution in [0.2, 0.25) is 5.02 Å². The van der Waals surface area contributed by atoms with Gasteiger partial charge < -0.3 is 9.47 Å². The van der Waals surface area contributed by atoms with E-state index in [1.165, 1.54) is 14.2 Å². The van der Waals surface area contributed by atoms with Crippen LogP contribution in [0.1, 0.15) is 18.4 Å². The number of methoxy groups -OCH3 is 2. The lowest BCUT2D eigenvalue weighted by Gasteiger charge is -2.16. The molecule has 0 heterocycles. The molecule has 1 aromatic carbocycles. The molecule has 0 spiro atoms. The number of aliphatic imine (C=N–C) groups is 1. The Hall–Kier alpha value is -1.51. The molecule has 0 aliphatic heterocycles. The Morgan fingerprint density at radius 2 is 2.06 bits per heavy atom. The van der Waals surface area contributed by atoms with Gasteiger partial charge in [0.05, 0.1) is 14.2 Å². The van der Waals surface area contributed by atoms with E-state index in [2.05, 4.69) is 4.99 Å². The molecule has 90 valence electrons. The number of benzene rings is 1. The molecule has 5 heteroatoms. The third-order valence-electron chi connectivity index (χ3n) is 2.97. The zero-order chi connectivity index (χ0) is 12.5. The molecule has 0 bridgehead atoms.